The zero-order valence-electron chi connectivity index (χ0n) is 8.87. The number of anilines is 1. The van der Waals surface area contributed by atoms with Crippen LogP contribution in [0.1, 0.15) is 19.3 Å². The van der Waals surface area contributed by atoms with Gasteiger partial charge in [0.25, 0.3) is 0 Å². The zero-order valence-corrected chi connectivity index (χ0v) is 10.4. The van der Waals surface area contributed by atoms with Gasteiger partial charge in [-0.05, 0) is 42.5 Å². The first-order chi connectivity index (χ1) is 7.33. The molecule has 0 saturated heterocycles. The van der Waals surface area contributed by atoms with Gasteiger partial charge in [0.1, 0.15) is 5.82 Å². The molecule has 0 aliphatic heterocycles. The molecule has 0 radical (unpaired) electrons. The van der Waals surface area contributed by atoms with E-state index in [1.807, 2.05) is 17.8 Å². The Bertz CT molecular complexity index is 283. The fourth-order valence-electron chi connectivity index (χ4n) is 1.20. The number of hydrogen-bond donors (Lipinski definition) is 1. The molecule has 1 heterocycles. The molecule has 1 rings (SSSR count). The van der Waals surface area contributed by atoms with Crippen LogP contribution in [0.2, 0.25) is 5.28 Å². The molecule has 0 amide bonds. The fourth-order valence-corrected chi connectivity index (χ4v) is 1.84. The topological polar surface area (TPSA) is 37.8 Å². The lowest BCUT2D eigenvalue weighted by molar-refractivity contribution is 0.748. The summed E-state index contributed by atoms with van der Waals surface area (Å²) in [5.74, 6) is 2.05. The van der Waals surface area contributed by atoms with Crippen LogP contribution >= 0.6 is 23.4 Å². The van der Waals surface area contributed by atoms with Crippen LogP contribution in [0.25, 0.3) is 0 Å². The van der Waals surface area contributed by atoms with E-state index in [-0.39, 0.29) is 0 Å². The molecule has 0 aliphatic rings. The smallest absolute Gasteiger partial charge is 0.224 e. The minimum Gasteiger partial charge on any atom is -0.370 e. The van der Waals surface area contributed by atoms with Gasteiger partial charge in [-0.25, -0.2) is 9.97 Å². The Morgan fingerprint density at radius 3 is 3.00 bits per heavy atom. The number of hydrogen-bond acceptors (Lipinski definition) is 4. The number of halogens is 1. The zero-order chi connectivity index (χ0) is 10.9. The van der Waals surface area contributed by atoms with Crippen molar-refractivity contribution in [2.75, 3.05) is 23.9 Å². The Hall–Kier alpha value is -0.480. The lowest BCUT2D eigenvalue weighted by Gasteiger charge is -2.04. The van der Waals surface area contributed by atoms with E-state index in [4.69, 9.17) is 11.6 Å². The van der Waals surface area contributed by atoms with E-state index >= 15 is 0 Å². The quantitative estimate of drug-likeness (QED) is 0.592. The van der Waals surface area contributed by atoms with Gasteiger partial charge in [-0.1, -0.05) is 6.42 Å². The van der Waals surface area contributed by atoms with Crippen LogP contribution in [0.5, 0.6) is 0 Å². The SMILES string of the molecule is CSCCCCCNc1ccnc(Cl)n1. The van der Waals surface area contributed by atoms with Gasteiger partial charge in [0, 0.05) is 12.7 Å². The predicted octanol–water partition coefficient (Wildman–Crippen LogP) is 3.08. The maximum atomic E-state index is 5.66. The first-order valence-electron chi connectivity index (χ1n) is 5.04. The average Bonchev–Trinajstić information content (AvgIpc) is 2.23. The maximum Gasteiger partial charge on any atom is 0.224 e. The van der Waals surface area contributed by atoms with Gasteiger partial charge in [0.05, 0.1) is 0 Å². The third-order valence-corrected chi connectivity index (χ3v) is 2.84. The van der Waals surface area contributed by atoms with E-state index in [9.17, 15) is 0 Å². The van der Waals surface area contributed by atoms with Crippen molar-refractivity contribution < 1.29 is 0 Å². The summed E-state index contributed by atoms with van der Waals surface area (Å²) in [7, 11) is 0. The van der Waals surface area contributed by atoms with Crippen molar-refractivity contribution in [2.45, 2.75) is 19.3 Å². The number of rotatable bonds is 7. The van der Waals surface area contributed by atoms with Gasteiger partial charge in [0.15, 0.2) is 0 Å². The summed E-state index contributed by atoms with van der Waals surface area (Å²) in [4.78, 5) is 7.87. The van der Waals surface area contributed by atoms with E-state index in [1.165, 1.54) is 25.0 Å². The predicted molar refractivity (Wildman–Crippen MR) is 67.8 cm³/mol. The van der Waals surface area contributed by atoms with Crippen LogP contribution in [0.15, 0.2) is 12.3 Å². The Morgan fingerprint density at radius 1 is 1.40 bits per heavy atom. The Balaban J connectivity index is 2.10. The molecule has 84 valence electrons. The third kappa shape index (κ3) is 5.85. The van der Waals surface area contributed by atoms with Gasteiger partial charge >= 0.3 is 0 Å². The number of unbranched alkanes of at least 4 members (excludes halogenated alkanes) is 2. The van der Waals surface area contributed by atoms with Crippen molar-refractivity contribution in [3.8, 4) is 0 Å². The molecule has 0 unspecified atom stereocenters. The number of thioether (sulfide) groups is 1. The van der Waals surface area contributed by atoms with Crippen LogP contribution < -0.4 is 5.32 Å². The molecule has 1 N–H and O–H groups in total. The van der Waals surface area contributed by atoms with Crippen LogP contribution in [0.4, 0.5) is 5.82 Å². The monoisotopic (exact) mass is 245 g/mol. The minimum absolute atomic E-state index is 0.294. The van der Waals surface area contributed by atoms with Crippen molar-refractivity contribution in [1.82, 2.24) is 9.97 Å². The molecule has 0 spiro atoms. The second-order valence-electron chi connectivity index (χ2n) is 3.19. The highest BCUT2D eigenvalue weighted by Gasteiger charge is 1.95. The van der Waals surface area contributed by atoms with E-state index in [2.05, 4.69) is 21.5 Å². The Kier molecular flexibility index (Phi) is 6.52. The summed E-state index contributed by atoms with van der Waals surface area (Å²) in [6.07, 6.45) is 7.51. The molecule has 0 atom stereocenters. The van der Waals surface area contributed by atoms with E-state index in [0.29, 0.717) is 5.28 Å². The number of nitrogens with one attached hydrogen (secondary N) is 1. The molecule has 0 bridgehead atoms. The first-order valence-corrected chi connectivity index (χ1v) is 6.81. The summed E-state index contributed by atoms with van der Waals surface area (Å²) < 4.78 is 0. The molecule has 0 aromatic carbocycles. The summed E-state index contributed by atoms with van der Waals surface area (Å²) in [6.45, 7) is 0.946. The molecule has 1 aromatic heterocycles. The highest BCUT2D eigenvalue weighted by molar-refractivity contribution is 7.98. The minimum atomic E-state index is 0.294. The van der Waals surface area contributed by atoms with E-state index in [1.54, 1.807) is 6.20 Å². The van der Waals surface area contributed by atoms with Crippen LogP contribution in [0, 0.1) is 0 Å². The van der Waals surface area contributed by atoms with Crippen molar-refractivity contribution in [3.05, 3.63) is 17.5 Å². The first kappa shape index (κ1) is 12.6. The molecule has 15 heavy (non-hydrogen) atoms. The molecule has 0 aliphatic carbocycles. The van der Waals surface area contributed by atoms with E-state index < -0.39 is 0 Å². The molecule has 5 heteroatoms. The second-order valence-corrected chi connectivity index (χ2v) is 4.51. The maximum absolute atomic E-state index is 5.66. The number of aromatic nitrogens is 2. The van der Waals surface area contributed by atoms with Crippen molar-refractivity contribution in [1.29, 1.82) is 0 Å². The van der Waals surface area contributed by atoms with Crippen LogP contribution in [0.3, 0.4) is 0 Å². The molecule has 0 saturated carbocycles. The lowest BCUT2D eigenvalue weighted by Crippen LogP contribution is -2.03. The highest BCUT2D eigenvalue weighted by atomic mass is 35.5. The van der Waals surface area contributed by atoms with Gasteiger partial charge < -0.3 is 5.32 Å². The molecular formula is C10H16ClN3S. The van der Waals surface area contributed by atoms with Crippen molar-refractivity contribution in [3.63, 3.8) is 0 Å². The average molecular weight is 246 g/mol. The largest absolute Gasteiger partial charge is 0.370 e. The second kappa shape index (κ2) is 7.77. The van der Waals surface area contributed by atoms with Gasteiger partial charge in [0.2, 0.25) is 5.28 Å². The molecule has 3 nitrogen and oxygen atoms in total. The summed E-state index contributed by atoms with van der Waals surface area (Å²) in [6, 6.07) is 1.83. The van der Waals surface area contributed by atoms with E-state index in [0.717, 1.165) is 12.4 Å². The Labute approximate surface area is 100 Å². The normalized spacial score (nSPS) is 10.3. The number of nitrogens with zero attached hydrogens (tertiary/aromatic N) is 2. The van der Waals surface area contributed by atoms with Crippen molar-refractivity contribution in [2.24, 2.45) is 0 Å². The molecule has 1 aromatic rings. The molecule has 0 fully saturated rings. The lowest BCUT2D eigenvalue weighted by atomic mass is 10.2. The summed E-state index contributed by atoms with van der Waals surface area (Å²) in [5, 5.41) is 3.51. The van der Waals surface area contributed by atoms with Crippen molar-refractivity contribution >= 4 is 29.2 Å². The van der Waals surface area contributed by atoms with Gasteiger partial charge in [-0.15, -0.1) is 0 Å². The third-order valence-electron chi connectivity index (χ3n) is 1.96. The molecular weight excluding hydrogens is 230 g/mol. The Morgan fingerprint density at radius 2 is 2.27 bits per heavy atom. The summed E-state index contributed by atoms with van der Waals surface area (Å²) >= 11 is 7.56. The fraction of sp³-hybridized carbons (Fsp3) is 0.600. The van der Waals surface area contributed by atoms with Gasteiger partial charge in [-0.2, -0.15) is 11.8 Å². The standard InChI is InChI=1S/C10H16ClN3S/c1-15-8-4-2-3-6-12-9-5-7-13-10(11)14-9/h5,7H,2-4,6,8H2,1H3,(H,12,13,14). The summed E-state index contributed by atoms with van der Waals surface area (Å²) in [5.41, 5.74) is 0. The van der Waals surface area contributed by atoms with Gasteiger partial charge in [-0.3, -0.25) is 0 Å². The van der Waals surface area contributed by atoms with Crippen LogP contribution in [-0.2, 0) is 0 Å². The highest BCUT2D eigenvalue weighted by Crippen LogP contribution is 2.07. The van der Waals surface area contributed by atoms with Crippen LogP contribution in [-0.4, -0.2) is 28.5 Å².